The van der Waals surface area contributed by atoms with Crippen molar-refractivity contribution in [2.45, 2.75) is 38.7 Å². The first kappa shape index (κ1) is 23.6. The van der Waals surface area contributed by atoms with Crippen molar-refractivity contribution in [2.75, 3.05) is 0 Å². The van der Waals surface area contributed by atoms with Gasteiger partial charge in [-0.3, -0.25) is 0 Å². The van der Waals surface area contributed by atoms with Crippen molar-refractivity contribution in [3.63, 3.8) is 0 Å². The van der Waals surface area contributed by atoms with E-state index >= 15 is 0 Å². The van der Waals surface area contributed by atoms with Crippen LogP contribution < -0.4 is 4.74 Å². The highest BCUT2D eigenvalue weighted by Gasteiger charge is 2.34. The largest absolute Gasteiger partial charge is 0.489 e. The van der Waals surface area contributed by atoms with Crippen molar-refractivity contribution in [1.29, 1.82) is 0 Å². The van der Waals surface area contributed by atoms with E-state index in [1.807, 2.05) is 0 Å². The molecule has 1 nitrogen and oxygen atoms in total. The summed E-state index contributed by atoms with van der Waals surface area (Å²) in [6, 6.07) is 2.40. The standard InChI is InChI=1S/C19H14Cl2F7O/c1-9(2)29-17-11(6-13(8-15(17)21)19(26,27)28)4-3-10-5-12(18(23,24)25)7-14(20)16(10)22/h4-9H,3H2,1-2H3. The van der Waals surface area contributed by atoms with Gasteiger partial charge in [-0.1, -0.05) is 23.2 Å². The zero-order valence-electron chi connectivity index (χ0n) is 15.0. The van der Waals surface area contributed by atoms with Crippen molar-refractivity contribution in [3.05, 3.63) is 68.8 Å². The molecule has 0 saturated carbocycles. The lowest BCUT2D eigenvalue weighted by molar-refractivity contribution is -0.138. The lowest BCUT2D eigenvalue weighted by atomic mass is 9.99. The Morgan fingerprint density at radius 3 is 1.93 bits per heavy atom. The Bertz CT molecular complexity index is 890. The van der Waals surface area contributed by atoms with E-state index in [0.29, 0.717) is 18.2 Å². The van der Waals surface area contributed by atoms with Gasteiger partial charge < -0.3 is 4.74 Å². The topological polar surface area (TPSA) is 9.23 Å². The molecule has 10 heteroatoms. The summed E-state index contributed by atoms with van der Waals surface area (Å²) in [6.45, 7) is 3.23. The molecule has 0 aromatic heterocycles. The quantitative estimate of drug-likeness (QED) is 0.413. The molecule has 0 atom stereocenters. The molecule has 0 bridgehead atoms. The molecule has 0 heterocycles. The van der Waals surface area contributed by atoms with E-state index in [9.17, 15) is 30.7 Å². The van der Waals surface area contributed by atoms with E-state index in [-0.39, 0.29) is 16.3 Å². The summed E-state index contributed by atoms with van der Waals surface area (Å²) in [6.07, 6.45) is -9.30. The molecule has 0 amide bonds. The van der Waals surface area contributed by atoms with Crippen LogP contribution in [0.15, 0.2) is 24.3 Å². The highest BCUT2D eigenvalue weighted by atomic mass is 35.5. The van der Waals surface area contributed by atoms with Gasteiger partial charge >= 0.3 is 12.4 Å². The zero-order valence-corrected chi connectivity index (χ0v) is 16.5. The smallest absolute Gasteiger partial charge is 0.416 e. The predicted octanol–water partition coefficient (Wildman–Crippen LogP) is 7.75. The number of alkyl halides is 6. The van der Waals surface area contributed by atoms with Crippen LogP contribution in [0.4, 0.5) is 30.7 Å². The molecule has 0 unspecified atom stereocenters. The van der Waals surface area contributed by atoms with E-state index in [1.165, 1.54) is 0 Å². The Morgan fingerprint density at radius 2 is 1.41 bits per heavy atom. The third-order valence-electron chi connectivity index (χ3n) is 3.73. The maximum absolute atomic E-state index is 14.2. The fourth-order valence-electron chi connectivity index (χ4n) is 2.47. The van der Waals surface area contributed by atoms with Gasteiger partial charge in [-0.05, 0) is 56.5 Å². The van der Waals surface area contributed by atoms with Crippen LogP contribution in [0.2, 0.25) is 10.0 Å². The van der Waals surface area contributed by atoms with E-state index in [0.717, 1.165) is 12.5 Å². The molecular formula is C19H14Cl2F7O. The molecule has 2 rings (SSSR count). The van der Waals surface area contributed by atoms with Crippen molar-refractivity contribution in [3.8, 4) is 5.75 Å². The molecule has 0 aliphatic heterocycles. The minimum absolute atomic E-state index is 0.0897. The first-order valence-electron chi connectivity index (χ1n) is 8.16. The van der Waals surface area contributed by atoms with Gasteiger partial charge in [0.2, 0.25) is 0 Å². The highest BCUT2D eigenvalue weighted by Crippen LogP contribution is 2.40. The van der Waals surface area contributed by atoms with Gasteiger partial charge in [0.25, 0.3) is 0 Å². The Kier molecular flexibility index (Phi) is 7.00. The van der Waals surface area contributed by atoms with E-state index in [1.54, 1.807) is 13.8 Å². The molecule has 0 saturated heterocycles. The number of hydrogen-bond acceptors (Lipinski definition) is 1. The number of halogens is 9. The molecule has 0 fully saturated rings. The van der Waals surface area contributed by atoms with Crippen molar-refractivity contribution in [2.24, 2.45) is 0 Å². The minimum Gasteiger partial charge on any atom is -0.489 e. The van der Waals surface area contributed by atoms with Crippen LogP contribution in [0.3, 0.4) is 0 Å². The number of ether oxygens (including phenoxy) is 1. The van der Waals surface area contributed by atoms with E-state index < -0.39 is 52.4 Å². The first-order valence-corrected chi connectivity index (χ1v) is 8.91. The molecule has 159 valence electrons. The minimum atomic E-state index is -4.77. The van der Waals surface area contributed by atoms with Crippen LogP contribution in [-0.4, -0.2) is 6.10 Å². The normalized spacial score (nSPS) is 12.6. The fourth-order valence-corrected chi connectivity index (χ4v) is 2.98. The summed E-state index contributed by atoms with van der Waals surface area (Å²) in [5.74, 6) is -1.19. The number of benzene rings is 2. The summed E-state index contributed by atoms with van der Waals surface area (Å²) in [5, 5.41) is -1.08. The molecule has 29 heavy (non-hydrogen) atoms. The Balaban J connectivity index is 2.46. The van der Waals surface area contributed by atoms with Gasteiger partial charge in [0.15, 0.2) is 0 Å². The van der Waals surface area contributed by atoms with Gasteiger partial charge in [0, 0.05) is 5.56 Å². The van der Waals surface area contributed by atoms with Crippen molar-refractivity contribution >= 4 is 23.2 Å². The lowest BCUT2D eigenvalue weighted by Crippen LogP contribution is -2.11. The highest BCUT2D eigenvalue weighted by molar-refractivity contribution is 6.32. The lowest BCUT2D eigenvalue weighted by Gasteiger charge is -2.18. The maximum Gasteiger partial charge on any atom is 0.416 e. The summed E-state index contributed by atoms with van der Waals surface area (Å²) in [4.78, 5) is 0. The molecule has 0 N–H and O–H groups in total. The van der Waals surface area contributed by atoms with Crippen LogP contribution in [-0.2, 0) is 18.8 Å². The van der Waals surface area contributed by atoms with Gasteiger partial charge in [-0.25, -0.2) is 4.39 Å². The molecule has 1 radical (unpaired) electrons. The maximum atomic E-state index is 14.2. The van der Waals surface area contributed by atoms with Crippen LogP contribution >= 0.6 is 23.2 Å². The van der Waals surface area contributed by atoms with Gasteiger partial charge in [-0.2, -0.15) is 26.3 Å². The van der Waals surface area contributed by atoms with E-state index in [2.05, 4.69) is 0 Å². The molecule has 2 aromatic rings. The molecule has 0 spiro atoms. The van der Waals surface area contributed by atoms with Crippen molar-refractivity contribution in [1.82, 2.24) is 0 Å². The summed E-state index contributed by atoms with van der Waals surface area (Å²) >= 11 is 11.5. The van der Waals surface area contributed by atoms with Crippen LogP contribution in [0.5, 0.6) is 5.75 Å². The third-order valence-corrected chi connectivity index (χ3v) is 4.28. The first-order chi connectivity index (χ1) is 13.2. The Labute approximate surface area is 172 Å². The second-order valence-corrected chi connectivity index (χ2v) is 7.19. The Hall–Kier alpha value is -1.67. The molecule has 0 aliphatic carbocycles. The fraction of sp³-hybridized carbons (Fsp3) is 0.316. The van der Waals surface area contributed by atoms with Gasteiger partial charge in [0.05, 0.1) is 27.3 Å². The third kappa shape index (κ3) is 5.92. The second-order valence-electron chi connectivity index (χ2n) is 6.38. The zero-order chi connectivity index (χ0) is 22.1. The average Bonchev–Trinajstić information content (AvgIpc) is 2.56. The summed E-state index contributed by atoms with van der Waals surface area (Å²) in [7, 11) is 0. The monoisotopic (exact) mass is 461 g/mol. The van der Waals surface area contributed by atoms with Crippen LogP contribution in [0.1, 0.15) is 36.1 Å². The van der Waals surface area contributed by atoms with Gasteiger partial charge in [0.1, 0.15) is 11.6 Å². The SMILES string of the molecule is CC(C)Oc1c(Cl)cc(C(F)(F)F)cc1[CH]Cc1cc(C(F)(F)F)cc(Cl)c1F. The van der Waals surface area contributed by atoms with Crippen molar-refractivity contribution < 1.29 is 35.5 Å². The average molecular weight is 462 g/mol. The summed E-state index contributed by atoms with van der Waals surface area (Å²) in [5.41, 5.74) is -2.82. The summed E-state index contributed by atoms with van der Waals surface area (Å²) < 4.78 is 97.7. The second kappa shape index (κ2) is 8.60. The number of rotatable bonds is 5. The van der Waals surface area contributed by atoms with Gasteiger partial charge in [-0.15, -0.1) is 0 Å². The number of hydrogen-bond donors (Lipinski definition) is 0. The van der Waals surface area contributed by atoms with E-state index in [4.69, 9.17) is 27.9 Å². The Morgan fingerprint density at radius 1 is 0.897 bits per heavy atom. The van der Waals surface area contributed by atoms with Crippen LogP contribution in [0.25, 0.3) is 0 Å². The van der Waals surface area contributed by atoms with Crippen LogP contribution in [0, 0.1) is 12.2 Å². The molecule has 0 aliphatic rings. The molecular weight excluding hydrogens is 448 g/mol. The molecule has 2 aromatic carbocycles. The predicted molar refractivity (Wildman–Crippen MR) is 95.7 cm³/mol.